The zero-order valence-electron chi connectivity index (χ0n) is 10.5. The third-order valence-electron chi connectivity index (χ3n) is 2.62. The maximum atomic E-state index is 5.67. The predicted molar refractivity (Wildman–Crippen MR) is 78.2 cm³/mol. The molecule has 0 spiro atoms. The molecule has 2 aromatic heterocycles. The summed E-state index contributed by atoms with van der Waals surface area (Å²) in [6.07, 6.45) is 7.10. The minimum atomic E-state index is 0.254. The summed E-state index contributed by atoms with van der Waals surface area (Å²) in [6.45, 7) is 0.601. The molecule has 0 aliphatic heterocycles. The highest BCUT2D eigenvalue weighted by Crippen LogP contribution is 2.15. The first-order chi connectivity index (χ1) is 9.27. The fourth-order valence-electron chi connectivity index (χ4n) is 1.70. The number of thiocarbonyl (C=S) groups is 1. The number of nitrogens with two attached hydrogens (primary N) is 1. The van der Waals surface area contributed by atoms with Crippen LogP contribution in [0.5, 0.6) is 5.75 Å². The SMILES string of the molecule is NC(=S)c1ncccc1OCCCc1ccncc1. The van der Waals surface area contributed by atoms with Crippen LogP contribution in [0.1, 0.15) is 17.7 Å². The van der Waals surface area contributed by atoms with E-state index in [1.54, 1.807) is 24.7 Å². The highest BCUT2D eigenvalue weighted by molar-refractivity contribution is 7.80. The summed E-state index contributed by atoms with van der Waals surface area (Å²) in [7, 11) is 0. The average Bonchev–Trinajstić information content (AvgIpc) is 2.45. The van der Waals surface area contributed by atoms with Gasteiger partial charge >= 0.3 is 0 Å². The van der Waals surface area contributed by atoms with E-state index in [1.165, 1.54) is 5.56 Å². The second-order valence-corrected chi connectivity index (χ2v) is 4.46. The molecule has 4 nitrogen and oxygen atoms in total. The Hall–Kier alpha value is -2.01. The van der Waals surface area contributed by atoms with Crippen molar-refractivity contribution >= 4 is 17.2 Å². The number of nitrogens with zero attached hydrogens (tertiary/aromatic N) is 2. The first-order valence-electron chi connectivity index (χ1n) is 6.04. The van der Waals surface area contributed by atoms with E-state index in [9.17, 15) is 0 Å². The molecular formula is C14H15N3OS. The first kappa shape index (κ1) is 13.4. The van der Waals surface area contributed by atoms with Gasteiger partial charge in [-0.2, -0.15) is 0 Å². The second kappa shape index (κ2) is 6.80. The summed E-state index contributed by atoms with van der Waals surface area (Å²) < 4.78 is 5.67. The minimum Gasteiger partial charge on any atom is -0.491 e. The first-order valence-corrected chi connectivity index (χ1v) is 6.44. The molecule has 0 aliphatic rings. The summed E-state index contributed by atoms with van der Waals surface area (Å²) in [4.78, 5) is 8.35. The van der Waals surface area contributed by atoms with Gasteiger partial charge in [0.1, 0.15) is 16.4 Å². The van der Waals surface area contributed by atoms with Crippen molar-refractivity contribution in [1.82, 2.24) is 9.97 Å². The number of pyridine rings is 2. The molecule has 0 amide bonds. The second-order valence-electron chi connectivity index (χ2n) is 4.02. The normalized spacial score (nSPS) is 10.1. The Morgan fingerprint density at radius 3 is 2.74 bits per heavy atom. The molecule has 0 aliphatic carbocycles. The van der Waals surface area contributed by atoms with Crippen molar-refractivity contribution in [1.29, 1.82) is 0 Å². The highest BCUT2D eigenvalue weighted by Gasteiger charge is 2.06. The number of ether oxygens (including phenoxy) is 1. The van der Waals surface area contributed by atoms with Gasteiger partial charge < -0.3 is 10.5 Å². The van der Waals surface area contributed by atoms with E-state index < -0.39 is 0 Å². The molecule has 2 heterocycles. The maximum absolute atomic E-state index is 5.67. The van der Waals surface area contributed by atoms with Gasteiger partial charge in [-0.3, -0.25) is 4.98 Å². The third-order valence-corrected chi connectivity index (χ3v) is 2.81. The molecule has 2 rings (SSSR count). The van der Waals surface area contributed by atoms with Crippen LogP contribution in [-0.4, -0.2) is 21.6 Å². The van der Waals surface area contributed by atoms with E-state index in [4.69, 9.17) is 22.7 Å². The molecule has 0 saturated heterocycles. The Kier molecular flexibility index (Phi) is 4.80. The maximum Gasteiger partial charge on any atom is 0.147 e. The lowest BCUT2D eigenvalue weighted by Crippen LogP contribution is -2.14. The molecule has 0 unspecified atom stereocenters. The molecule has 0 aromatic carbocycles. The van der Waals surface area contributed by atoms with Gasteiger partial charge in [0, 0.05) is 18.6 Å². The molecule has 0 radical (unpaired) electrons. The Morgan fingerprint density at radius 1 is 1.21 bits per heavy atom. The van der Waals surface area contributed by atoms with E-state index >= 15 is 0 Å². The minimum absolute atomic E-state index is 0.254. The largest absolute Gasteiger partial charge is 0.491 e. The van der Waals surface area contributed by atoms with E-state index in [1.807, 2.05) is 18.2 Å². The van der Waals surface area contributed by atoms with Crippen molar-refractivity contribution in [3.05, 3.63) is 54.1 Å². The van der Waals surface area contributed by atoms with Crippen LogP contribution in [0.4, 0.5) is 0 Å². The van der Waals surface area contributed by atoms with Crippen LogP contribution in [0, 0.1) is 0 Å². The Labute approximate surface area is 117 Å². The molecule has 0 bridgehead atoms. The summed E-state index contributed by atoms with van der Waals surface area (Å²) in [5.41, 5.74) is 7.38. The van der Waals surface area contributed by atoms with Crippen LogP contribution >= 0.6 is 12.2 Å². The number of aromatic nitrogens is 2. The van der Waals surface area contributed by atoms with Gasteiger partial charge in [-0.15, -0.1) is 0 Å². The lowest BCUT2D eigenvalue weighted by Gasteiger charge is -2.09. The Bertz CT molecular complexity index is 545. The zero-order valence-corrected chi connectivity index (χ0v) is 11.3. The molecule has 2 N–H and O–H groups in total. The molecule has 5 heteroatoms. The molecule has 98 valence electrons. The summed E-state index contributed by atoms with van der Waals surface area (Å²) in [5, 5.41) is 0. The van der Waals surface area contributed by atoms with Crippen molar-refractivity contribution in [3.63, 3.8) is 0 Å². The zero-order chi connectivity index (χ0) is 13.5. The van der Waals surface area contributed by atoms with Gasteiger partial charge in [0.25, 0.3) is 0 Å². The van der Waals surface area contributed by atoms with E-state index in [0.29, 0.717) is 18.1 Å². The van der Waals surface area contributed by atoms with Gasteiger partial charge in [0.15, 0.2) is 0 Å². The van der Waals surface area contributed by atoms with Gasteiger partial charge in [-0.25, -0.2) is 4.98 Å². The summed E-state index contributed by atoms with van der Waals surface area (Å²) in [6, 6.07) is 7.64. The molecule has 0 saturated carbocycles. The molecular weight excluding hydrogens is 258 g/mol. The van der Waals surface area contributed by atoms with Crippen LogP contribution in [0.15, 0.2) is 42.9 Å². The van der Waals surface area contributed by atoms with Crippen LogP contribution in [0.2, 0.25) is 0 Å². The van der Waals surface area contributed by atoms with E-state index in [0.717, 1.165) is 12.8 Å². The Balaban J connectivity index is 1.85. The monoisotopic (exact) mass is 273 g/mol. The standard InChI is InChI=1S/C14H15N3OS/c15-14(19)13-12(4-1-7-17-13)18-10-2-3-11-5-8-16-9-6-11/h1,4-9H,2-3,10H2,(H2,15,19). The van der Waals surface area contributed by atoms with Gasteiger partial charge in [-0.05, 0) is 42.7 Å². The highest BCUT2D eigenvalue weighted by atomic mass is 32.1. The molecule has 2 aromatic rings. The summed E-state index contributed by atoms with van der Waals surface area (Å²) >= 11 is 4.93. The fourth-order valence-corrected chi connectivity index (χ4v) is 1.85. The Morgan fingerprint density at radius 2 is 2.00 bits per heavy atom. The van der Waals surface area contributed by atoms with Crippen LogP contribution in [0.3, 0.4) is 0 Å². The number of rotatable bonds is 6. The quantitative estimate of drug-likeness (QED) is 0.645. The number of hydrogen-bond acceptors (Lipinski definition) is 4. The van der Waals surface area contributed by atoms with Crippen molar-refractivity contribution in [2.45, 2.75) is 12.8 Å². The van der Waals surface area contributed by atoms with Crippen molar-refractivity contribution in [3.8, 4) is 5.75 Å². The lowest BCUT2D eigenvalue weighted by atomic mass is 10.1. The van der Waals surface area contributed by atoms with Crippen molar-refractivity contribution < 1.29 is 4.74 Å². The van der Waals surface area contributed by atoms with Crippen molar-refractivity contribution in [2.24, 2.45) is 5.73 Å². The van der Waals surface area contributed by atoms with Crippen LogP contribution in [-0.2, 0) is 6.42 Å². The topological polar surface area (TPSA) is 61.0 Å². The predicted octanol–water partition coefficient (Wildman–Crippen LogP) is 2.12. The number of aryl methyl sites for hydroxylation is 1. The van der Waals surface area contributed by atoms with Crippen molar-refractivity contribution in [2.75, 3.05) is 6.61 Å². The van der Waals surface area contributed by atoms with Gasteiger partial charge in [-0.1, -0.05) is 12.2 Å². The van der Waals surface area contributed by atoms with Crippen LogP contribution < -0.4 is 10.5 Å². The van der Waals surface area contributed by atoms with E-state index in [2.05, 4.69) is 9.97 Å². The summed E-state index contributed by atoms with van der Waals surface area (Å²) in [5.74, 6) is 0.643. The average molecular weight is 273 g/mol. The lowest BCUT2D eigenvalue weighted by molar-refractivity contribution is 0.309. The van der Waals surface area contributed by atoms with Crippen LogP contribution in [0.25, 0.3) is 0 Å². The van der Waals surface area contributed by atoms with Gasteiger partial charge in [0.2, 0.25) is 0 Å². The smallest absolute Gasteiger partial charge is 0.147 e. The number of hydrogen-bond donors (Lipinski definition) is 1. The molecule has 0 atom stereocenters. The molecule has 0 fully saturated rings. The van der Waals surface area contributed by atoms with Gasteiger partial charge in [0.05, 0.1) is 6.61 Å². The van der Waals surface area contributed by atoms with E-state index in [-0.39, 0.29) is 4.99 Å². The fraction of sp³-hybridized carbons (Fsp3) is 0.214. The third kappa shape index (κ3) is 3.99. The molecule has 19 heavy (non-hydrogen) atoms.